The molecular weight excluding hydrogens is 364 g/mol. The molecule has 0 aromatic heterocycles. The Kier molecular flexibility index (Phi) is 8.74. The van der Waals surface area contributed by atoms with Gasteiger partial charge in [0.15, 0.2) is 6.61 Å². The molecule has 0 radical (unpaired) electrons. The number of para-hydroxylation sites is 1. The zero-order valence-electron chi connectivity index (χ0n) is 16.0. The van der Waals surface area contributed by atoms with E-state index in [1.807, 2.05) is 35.2 Å². The lowest BCUT2D eigenvalue weighted by Gasteiger charge is -2.40. The van der Waals surface area contributed by atoms with Crippen LogP contribution in [0.2, 0.25) is 0 Å². The number of carboxylic acids is 2. The average molecular weight is 392 g/mol. The van der Waals surface area contributed by atoms with Crippen LogP contribution in [0.25, 0.3) is 0 Å². The van der Waals surface area contributed by atoms with Crippen LogP contribution in [-0.4, -0.2) is 76.7 Å². The number of carbonyl (C=O) groups excluding carboxylic acids is 1. The molecule has 1 saturated heterocycles. The number of piperazine rings is 1. The number of aliphatic carboxylic acids is 2. The lowest BCUT2D eigenvalue weighted by Crippen LogP contribution is -2.53. The van der Waals surface area contributed by atoms with E-state index in [1.54, 1.807) is 0 Å². The number of amides is 1. The molecule has 1 heterocycles. The summed E-state index contributed by atoms with van der Waals surface area (Å²) in [5, 5.41) is 14.8. The predicted molar refractivity (Wildman–Crippen MR) is 102 cm³/mol. The van der Waals surface area contributed by atoms with Gasteiger partial charge >= 0.3 is 11.9 Å². The number of benzene rings is 1. The van der Waals surface area contributed by atoms with Crippen molar-refractivity contribution < 1.29 is 29.3 Å². The van der Waals surface area contributed by atoms with Gasteiger partial charge in [-0.15, -0.1) is 0 Å². The highest BCUT2D eigenvalue weighted by Gasteiger charge is 2.27. The van der Waals surface area contributed by atoms with Gasteiger partial charge in [0.25, 0.3) is 5.91 Å². The lowest BCUT2D eigenvalue weighted by molar-refractivity contribution is -0.159. The minimum absolute atomic E-state index is 0.104. The van der Waals surface area contributed by atoms with Crippen LogP contribution in [0.5, 0.6) is 5.75 Å². The summed E-state index contributed by atoms with van der Waals surface area (Å²) < 4.78 is 5.56. The molecule has 0 bridgehead atoms. The molecule has 1 aromatic rings. The van der Waals surface area contributed by atoms with Gasteiger partial charge in [0.05, 0.1) is 0 Å². The fourth-order valence-electron chi connectivity index (χ4n) is 3.54. The van der Waals surface area contributed by atoms with Crippen molar-refractivity contribution in [1.82, 2.24) is 9.80 Å². The number of carbonyl (C=O) groups is 3. The van der Waals surface area contributed by atoms with Crippen molar-refractivity contribution in [3.8, 4) is 5.75 Å². The molecule has 1 aliphatic carbocycles. The first-order chi connectivity index (χ1) is 13.5. The van der Waals surface area contributed by atoms with Gasteiger partial charge in [0.1, 0.15) is 5.75 Å². The van der Waals surface area contributed by atoms with Crippen LogP contribution in [0.4, 0.5) is 0 Å². The smallest absolute Gasteiger partial charge is 0.414 e. The van der Waals surface area contributed by atoms with Gasteiger partial charge in [-0.2, -0.15) is 0 Å². The second kappa shape index (κ2) is 11.3. The Hall–Kier alpha value is -2.61. The second-order valence-corrected chi connectivity index (χ2v) is 6.92. The van der Waals surface area contributed by atoms with E-state index in [0.29, 0.717) is 0 Å². The Labute approximate surface area is 164 Å². The molecule has 0 atom stereocenters. The maximum Gasteiger partial charge on any atom is 0.414 e. The van der Waals surface area contributed by atoms with Crippen molar-refractivity contribution in [3.63, 3.8) is 0 Å². The zero-order chi connectivity index (χ0) is 20.4. The van der Waals surface area contributed by atoms with E-state index >= 15 is 0 Å². The van der Waals surface area contributed by atoms with E-state index in [9.17, 15) is 4.79 Å². The third-order valence-corrected chi connectivity index (χ3v) is 5.05. The maximum atomic E-state index is 12.2. The summed E-state index contributed by atoms with van der Waals surface area (Å²) in [6, 6.07) is 10.3. The molecule has 1 saturated carbocycles. The molecule has 8 heteroatoms. The Morgan fingerprint density at radius 3 is 2.00 bits per heavy atom. The summed E-state index contributed by atoms with van der Waals surface area (Å²) in [4.78, 5) is 35.0. The van der Waals surface area contributed by atoms with Crippen molar-refractivity contribution in [1.29, 1.82) is 0 Å². The molecule has 0 unspecified atom stereocenters. The predicted octanol–water partition coefficient (Wildman–Crippen LogP) is 1.70. The first-order valence-electron chi connectivity index (χ1n) is 9.63. The minimum atomic E-state index is -1.82. The van der Waals surface area contributed by atoms with Gasteiger partial charge in [-0.25, -0.2) is 9.59 Å². The van der Waals surface area contributed by atoms with Crippen LogP contribution in [0.15, 0.2) is 30.3 Å². The van der Waals surface area contributed by atoms with Crippen molar-refractivity contribution >= 4 is 17.8 Å². The van der Waals surface area contributed by atoms with Gasteiger partial charge in [-0.1, -0.05) is 37.5 Å². The number of nitrogens with zero attached hydrogens (tertiary/aromatic N) is 2. The summed E-state index contributed by atoms with van der Waals surface area (Å²) in [5.74, 6) is -2.78. The van der Waals surface area contributed by atoms with E-state index in [-0.39, 0.29) is 12.5 Å². The SMILES string of the molecule is O=C(COc1ccccc1)N1CCN(C2CCCCC2)CC1.O=C(O)C(=O)O. The summed E-state index contributed by atoms with van der Waals surface area (Å²) in [6.07, 6.45) is 6.81. The Bertz CT molecular complexity index is 625. The molecular formula is C20H28N2O6. The summed E-state index contributed by atoms with van der Waals surface area (Å²) in [6.45, 7) is 3.86. The molecule has 1 aromatic carbocycles. The van der Waals surface area contributed by atoms with Crippen LogP contribution >= 0.6 is 0 Å². The fraction of sp³-hybridized carbons (Fsp3) is 0.550. The van der Waals surface area contributed by atoms with Crippen molar-refractivity contribution in [2.24, 2.45) is 0 Å². The van der Waals surface area contributed by atoms with Crippen molar-refractivity contribution in [2.45, 2.75) is 38.1 Å². The molecule has 1 aliphatic heterocycles. The Morgan fingerprint density at radius 1 is 0.893 bits per heavy atom. The zero-order valence-corrected chi connectivity index (χ0v) is 16.0. The normalized spacial score (nSPS) is 17.9. The highest BCUT2D eigenvalue weighted by atomic mass is 16.5. The molecule has 2 fully saturated rings. The molecule has 28 heavy (non-hydrogen) atoms. The first-order valence-corrected chi connectivity index (χ1v) is 9.63. The summed E-state index contributed by atoms with van der Waals surface area (Å²) >= 11 is 0. The van der Waals surface area contributed by atoms with E-state index in [0.717, 1.165) is 38.0 Å². The number of hydrogen-bond donors (Lipinski definition) is 2. The molecule has 1 amide bonds. The van der Waals surface area contributed by atoms with Gasteiger partial charge < -0.3 is 19.8 Å². The lowest BCUT2D eigenvalue weighted by atomic mass is 9.94. The summed E-state index contributed by atoms with van der Waals surface area (Å²) in [7, 11) is 0. The van der Waals surface area contributed by atoms with E-state index < -0.39 is 11.9 Å². The van der Waals surface area contributed by atoms with Crippen molar-refractivity contribution in [2.75, 3.05) is 32.8 Å². The van der Waals surface area contributed by atoms with Crippen LogP contribution in [-0.2, 0) is 14.4 Å². The fourth-order valence-corrected chi connectivity index (χ4v) is 3.54. The third-order valence-electron chi connectivity index (χ3n) is 5.05. The topological polar surface area (TPSA) is 107 Å². The number of hydrogen-bond acceptors (Lipinski definition) is 5. The van der Waals surface area contributed by atoms with Gasteiger partial charge in [0.2, 0.25) is 0 Å². The molecule has 2 N–H and O–H groups in total. The Balaban J connectivity index is 0.000000409. The van der Waals surface area contributed by atoms with Crippen LogP contribution < -0.4 is 4.74 Å². The molecule has 2 aliphatic rings. The van der Waals surface area contributed by atoms with Crippen LogP contribution in [0, 0.1) is 0 Å². The highest BCUT2D eigenvalue weighted by Crippen LogP contribution is 2.23. The van der Waals surface area contributed by atoms with E-state index in [2.05, 4.69) is 4.90 Å². The second-order valence-electron chi connectivity index (χ2n) is 6.92. The monoisotopic (exact) mass is 392 g/mol. The first kappa shape index (κ1) is 21.7. The summed E-state index contributed by atoms with van der Waals surface area (Å²) in [5.41, 5.74) is 0. The molecule has 154 valence electrons. The average Bonchev–Trinajstić information content (AvgIpc) is 2.74. The van der Waals surface area contributed by atoms with E-state index in [4.69, 9.17) is 24.5 Å². The van der Waals surface area contributed by atoms with Gasteiger partial charge in [0, 0.05) is 32.2 Å². The Morgan fingerprint density at radius 2 is 1.46 bits per heavy atom. The number of rotatable bonds is 4. The maximum absolute atomic E-state index is 12.2. The quantitative estimate of drug-likeness (QED) is 0.751. The van der Waals surface area contributed by atoms with Crippen LogP contribution in [0.1, 0.15) is 32.1 Å². The number of ether oxygens (including phenoxy) is 1. The largest absolute Gasteiger partial charge is 0.484 e. The molecule has 3 rings (SSSR count). The van der Waals surface area contributed by atoms with Gasteiger partial charge in [-0.3, -0.25) is 9.69 Å². The minimum Gasteiger partial charge on any atom is -0.484 e. The standard InChI is InChI=1S/C18H26N2O2.C2H2O4/c21-18(15-22-17-9-5-2-6-10-17)20-13-11-19(12-14-20)16-7-3-1-4-8-16;3-1(4)2(5)6/h2,5-6,9-10,16H,1,3-4,7-8,11-15H2;(H,3,4)(H,5,6). The highest BCUT2D eigenvalue weighted by molar-refractivity contribution is 6.27. The molecule has 8 nitrogen and oxygen atoms in total. The van der Waals surface area contributed by atoms with Crippen LogP contribution in [0.3, 0.4) is 0 Å². The number of carboxylic acid groups (broad SMARTS) is 2. The third kappa shape index (κ3) is 7.19. The van der Waals surface area contributed by atoms with Gasteiger partial charge in [-0.05, 0) is 25.0 Å². The van der Waals surface area contributed by atoms with Crippen molar-refractivity contribution in [3.05, 3.63) is 30.3 Å². The molecule has 0 spiro atoms. The van der Waals surface area contributed by atoms with E-state index in [1.165, 1.54) is 32.1 Å².